The Morgan fingerprint density at radius 2 is 2.00 bits per heavy atom. The first kappa shape index (κ1) is 20.3. The predicted molar refractivity (Wildman–Crippen MR) is 88.0 cm³/mol. The Morgan fingerprint density at radius 1 is 1.22 bits per heavy atom. The largest absolute Gasteiger partial charge is 0.416 e. The molecule has 1 aromatic rings. The zero-order chi connectivity index (χ0) is 16.0. The minimum absolute atomic E-state index is 0. The van der Waals surface area contributed by atoms with Crippen LogP contribution < -0.4 is 0 Å². The van der Waals surface area contributed by atoms with Gasteiger partial charge in [0.2, 0.25) is 0 Å². The van der Waals surface area contributed by atoms with E-state index in [-0.39, 0.29) is 18.5 Å². The highest BCUT2D eigenvalue weighted by atomic mass is 35.5. The van der Waals surface area contributed by atoms with Gasteiger partial charge in [0.1, 0.15) is 0 Å². The molecule has 0 N–H and O–H groups in total. The molecule has 0 bridgehead atoms. The van der Waals surface area contributed by atoms with Crippen molar-refractivity contribution in [3.8, 4) is 0 Å². The number of unbranched alkanes of at least 4 members (excludes halogenated alkanes) is 3. The summed E-state index contributed by atoms with van der Waals surface area (Å²) in [5, 5.41) is 0. The number of hydrogen-bond donors (Lipinski definition) is 0. The number of morpholine rings is 1. The summed E-state index contributed by atoms with van der Waals surface area (Å²) >= 11 is 0. The van der Waals surface area contributed by atoms with Gasteiger partial charge in [-0.15, -0.1) is 12.4 Å². The molecular formula is C17H25ClF3NO. The summed E-state index contributed by atoms with van der Waals surface area (Å²) in [7, 11) is 0. The number of halogens is 4. The minimum atomic E-state index is -4.30. The van der Waals surface area contributed by atoms with Crippen molar-refractivity contribution < 1.29 is 17.9 Å². The highest BCUT2D eigenvalue weighted by Gasteiger charge is 2.31. The lowest BCUT2D eigenvalue weighted by Crippen LogP contribution is -2.38. The molecule has 23 heavy (non-hydrogen) atoms. The summed E-state index contributed by atoms with van der Waals surface area (Å²) in [6.45, 7) is 5.29. The lowest BCUT2D eigenvalue weighted by molar-refractivity contribution is -0.137. The van der Waals surface area contributed by atoms with E-state index < -0.39 is 11.7 Å². The number of alkyl halides is 3. The third kappa shape index (κ3) is 6.32. The third-order valence-electron chi connectivity index (χ3n) is 4.06. The molecule has 1 aromatic carbocycles. The monoisotopic (exact) mass is 351 g/mol. The Hall–Kier alpha value is -0.780. The van der Waals surface area contributed by atoms with E-state index in [1.807, 2.05) is 0 Å². The molecule has 0 radical (unpaired) electrons. The van der Waals surface area contributed by atoms with Crippen LogP contribution in [0.25, 0.3) is 0 Å². The van der Waals surface area contributed by atoms with Gasteiger partial charge < -0.3 is 4.74 Å². The van der Waals surface area contributed by atoms with E-state index in [1.165, 1.54) is 31.4 Å². The van der Waals surface area contributed by atoms with Gasteiger partial charge in [0, 0.05) is 13.1 Å². The van der Waals surface area contributed by atoms with Crippen LogP contribution in [0.1, 0.15) is 49.8 Å². The van der Waals surface area contributed by atoms with Crippen molar-refractivity contribution >= 4 is 12.4 Å². The van der Waals surface area contributed by atoms with E-state index in [0.29, 0.717) is 18.7 Å². The van der Waals surface area contributed by atoms with Crippen molar-refractivity contribution in [2.75, 3.05) is 26.2 Å². The van der Waals surface area contributed by atoms with Gasteiger partial charge in [-0.1, -0.05) is 38.3 Å². The predicted octanol–water partition coefficient (Wildman–Crippen LogP) is 5.08. The summed E-state index contributed by atoms with van der Waals surface area (Å²) in [5.41, 5.74) is 0.0155. The first-order chi connectivity index (χ1) is 10.5. The lowest BCUT2D eigenvalue weighted by Gasteiger charge is -2.33. The van der Waals surface area contributed by atoms with Crippen molar-refractivity contribution in [2.45, 2.75) is 44.9 Å². The number of rotatable bonds is 6. The topological polar surface area (TPSA) is 12.5 Å². The SMILES string of the molecule is CCCCCCN1CCOC(c2cccc(C(F)(F)F)c2)C1.Cl. The van der Waals surface area contributed by atoms with E-state index in [9.17, 15) is 13.2 Å². The van der Waals surface area contributed by atoms with Crippen molar-refractivity contribution in [3.63, 3.8) is 0 Å². The van der Waals surface area contributed by atoms with Gasteiger partial charge in [-0.25, -0.2) is 0 Å². The van der Waals surface area contributed by atoms with E-state index >= 15 is 0 Å². The van der Waals surface area contributed by atoms with E-state index in [0.717, 1.165) is 25.6 Å². The Kier molecular flexibility index (Phi) is 8.37. The normalized spacial score (nSPS) is 19.4. The fraction of sp³-hybridized carbons (Fsp3) is 0.647. The van der Waals surface area contributed by atoms with Crippen molar-refractivity contribution in [1.82, 2.24) is 4.90 Å². The maximum atomic E-state index is 12.8. The van der Waals surface area contributed by atoms with Crippen LogP contribution in [0.2, 0.25) is 0 Å². The van der Waals surface area contributed by atoms with Crippen LogP contribution in [-0.2, 0) is 10.9 Å². The molecule has 1 aliphatic heterocycles. The van der Waals surface area contributed by atoms with Crippen LogP contribution in [0.15, 0.2) is 24.3 Å². The second-order valence-electron chi connectivity index (χ2n) is 5.84. The summed E-state index contributed by atoms with van der Waals surface area (Å²) in [5.74, 6) is 0. The number of benzene rings is 1. The molecule has 1 unspecified atom stereocenters. The van der Waals surface area contributed by atoms with Crippen LogP contribution >= 0.6 is 12.4 Å². The highest BCUT2D eigenvalue weighted by molar-refractivity contribution is 5.85. The van der Waals surface area contributed by atoms with Gasteiger partial charge in [0.25, 0.3) is 0 Å². The first-order valence-corrected chi connectivity index (χ1v) is 8.02. The molecule has 1 fully saturated rings. The fourth-order valence-electron chi connectivity index (χ4n) is 2.78. The van der Waals surface area contributed by atoms with Crippen LogP contribution in [0, 0.1) is 0 Å². The highest BCUT2D eigenvalue weighted by Crippen LogP contribution is 2.32. The molecule has 132 valence electrons. The average Bonchev–Trinajstić information content (AvgIpc) is 2.51. The van der Waals surface area contributed by atoms with E-state index in [1.54, 1.807) is 6.07 Å². The van der Waals surface area contributed by atoms with Crippen molar-refractivity contribution in [2.24, 2.45) is 0 Å². The smallest absolute Gasteiger partial charge is 0.371 e. The summed E-state index contributed by atoms with van der Waals surface area (Å²) < 4.78 is 44.1. The van der Waals surface area contributed by atoms with E-state index in [2.05, 4.69) is 11.8 Å². The molecule has 0 aliphatic carbocycles. The summed E-state index contributed by atoms with van der Waals surface area (Å²) in [6, 6.07) is 5.50. The Labute approximate surface area is 142 Å². The van der Waals surface area contributed by atoms with Crippen LogP contribution in [0.3, 0.4) is 0 Å². The van der Waals surface area contributed by atoms with Crippen molar-refractivity contribution in [1.29, 1.82) is 0 Å². The first-order valence-electron chi connectivity index (χ1n) is 8.02. The molecule has 1 saturated heterocycles. The number of hydrogen-bond acceptors (Lipinski definition) is 2. The molecule has 0 amide bonds. The van der Waals surface area contributed by atoms with Gasteiger partial charge in [0.05, 0.1) is 18.3 Å². The molecule has 2 rings (SSSR count). The molecule has 1 aliphatic rings. The molecule has 2 nitrogen and oxygen atoms in total. The molecular weight excluding hydrogens is 327 g/mol. The van der Waals surface area contributed by atoms with Crippen molar-refractivity contribution in [3.05, 3.63) is 35.4 Å². The molecule has 6 heteroatoms. The average molecular weight is 352 g/mol. The quantitative estimate of drug-likeness (QED) is 0.662. The van der Waals surface area contributed by atoms with Gasteiger partial charge in [-0.05, 0) is 30.7 Å². The van der Waals surface area contributed by atoms with Gasteiger partial charge in [-0.3, -0.25) is 4.90 Å². The fourth-order valence-corrected chi connectivity index (χ4v) is 2.78. The Balaban J connectivity index is 0.00000264. The Morgan fingerprint density at radius 3 is 2.70 bits per heavy atom. The zero-order valence-corrected chi connectivity index (χ0v) is 14.3. The second-order valence-corrected chi connectivity index (χ2v) is 5.84. The molecule has 1 heterocycles. The third-order valence-corrected chi connectivity index (χ3v) is 4.06. The molecule has 1 atom stereocenters. The molecule has 0 aromatic heterocycles. The lowest BCUT2D eigenvalue weighted by atomic mass is 10.0. The maximum Gasteiger partial charge on any atom is 0.416 e. The van der Waals surface area contributed by atoms with E-state index in [4.69, 9.17) is 4.74 Å². The molecule has 0 spiro atoms. The van der Waals surface area contributed by atoms with Gasteiger partial charge >= 0.3 is 6.18 Å². The van der Waals surface area contributed by atoms with Crippen LogP contribution in [0.4, 0.5) is 13.2 Å². The second kappa shape index (κ2) is 9.50. The number of ether oxygens (including phenoxy) is 1. The maximum absolute atomic E-state index is 12.8. The Bertz CT molecular complexity index is 467. The minimum Gasteiger partial charge on any atom is -0.371 e. The van der Waals surface area contributed by atoms with Crippen LogP contribution in [0.5, 0.6) is 0 Å². The van der Waals surface area contributed by atoms with Crippen LogP contribution in [-0.4, -0.2) is 31.1 Å². The summed E-state index contributed by atoms with van der Waals surface area (Å²) in [6.07, 6.45) is 0.231. The number of nitrogens with zero attached hydrogens (tertiary/aromatic N) is 1. The molecule has 0 saturated carbocycles. The summed E-state index contributed by atoms with van der Waals surface area (Å²) in [4.78, 5) is 2.30. The zero-order valence-electron chi connectivity index (χ0n) is 13.4. The van der Waals surface area contributed by atoms with Gasteiger partial charge in [0.15, 0.2) is 0 Å². The van der Waals surface area contributed by atoms with Gasteiger partial charge in [-0.2, -0.15) is 13.2 Å². The standard InChI is InChI=1S/C17H24F3NO.ClH/c1-2-3-4-5-9-21-10-11-22-16(13-21)14-7-6-8-15(12-14)17(18,19)20;/h6-8,12,16H,2-5,9-11,13H2,1H3;1H.